The Morgan fingerprint density at radius 3 is 2.87 bits per heavy atom. The van der Waals surface area contributed by atoms with Crippen LogP contribution in [0.3, 0.4) is 0 Å². The predicted molar refractivity (Wildman–Crippen MR) is 61.5 cm³/mol. The Morgan fingerprint density at radius 2 is 2.33 bits per heavy atom. The fourth-order valence-electron chi connectivity index (χ4n) is 1.21. The van der Waals surface area contributed by atoms with Gasteiger partial charge in [0.2, 0.25) is 0 Å². The van der Waals surface area contributed by atoms with Crippen molar-refractivity contribution in [3.8, 4) is 6.07 Å². The molecule has 0 amide bonds. The molecule has 1 atom stereocenters. The molecule has 0 aromatic carbocycles. The first kappa shape index (κ1) is 10.3. The van der Waals surface area contributed by atoms with Gasteiger partial charge in [-0.2, -0.15) is 5.26 Å². The maximum atomic E-state index is 9.12. The molecule has 15 heavy (non-hydrogen) atoms. The van der Waals surface area contributed by atoms with Gasteiger partial charge in [0.05, 0.1) is 18.0 Å². The standard InChI is InChI=1S/C10H6BrN3S/c11-7-3-10(15-6-7)8(4-12)9-5-13-1-2-14-9/h1-3,5-6,8H. The molecule has 0 bridgehead atoms. The summed E-state index contributed by atoms with van der Waals surface area (Å²) in [4.78, 5) is 9.08. The third kappa shape index (κ3) is 2.22. The molecule has 0 aliphatic carbocycles. The van der Waals surface area contributed by atoms with E-state index in [1.54, 1.807) is 18.6 Å². The van der Waals surface area contributed by atoms with E-state index >= 15 is 0 Å². The lowest BCUT2D eigenvalue weighted by Gasteiger charge is -2.03. The molecule has 0 spiro atoms. The van der Waals surface area contributed by atoms with E-state index in [2.05, 4.69) is 32.0 Å². The first-order chi connectivity index (χ1) is 7.31. The number of hydrogen-bond donors (Lipinski definition) is 0. The average molecular weight is 280 g/mol. The van der Waals surface area contributed by atoms with Crippen LogP contribution in [-0.2, 0) is 0 Å². The van der Waals surface area contributed by atoms with Crippen LogP contribution in [-0.4, -0.2) is 9.97 Å². The molecule has 0 fully saturated rings. The van der Waals surface area contributed by atoms with Crippen LogP contribution in [0, 0.1) is 11.3 Å². The molecule has 2 aromatic rings. The first-order valence-corrected chi connectivity index (χ1v) is 5.88. The quantitative estimate of drug-likeness (QED) is 0.849. The summed E-state index contributed by atoms with van der Waals surface area (Å²) in [6.45, 7) is 0. The Hall–Kier alpha value is -1.25. The third-order valence-corrected chi connectivity index (χ3v) is 3.64. The number of halogens is 1. The highest BCUT2D eigenvalue weighted by atomic mass is 79.9. The van der Waals surface area contributed by atoms with Gasteiger partial charge in [0.15, 0.2) is 0 Å². The molecule has 0 N–H and O–H groups in total. The van der Waals surface area contributed by atoms with Crippen molar-refractivity contribution in [2.75, 3.05) is 0 Å². The Kier molecular flexibility index (Phi) is 3.09. The molecule has 1 unspecified atom stereocenters. The fraction of sp³-hybridized carbons (Fsp3) is 0.100. The summed E-state index contributed by atoms with van der Waals surface area (Å²) in [5.41, 5.74) is 0.689. The zero-order chi connectivity index (χ0) is 10.7. The van der Waals surface area contributed by atoms with Gasteiger partial charge >= 0.3 is 0 Å². The number of nitriles is 1. The summed E-state index contributed by atoms with van der Waals surface area (Å²) < 4.78 is 0.992. The number of nitrogens with zero attached hydrogens (tertiary/aromatic N) is 3. The van der Waals surface area contributed by atoms with Crippen molar-refractivity contribution >= 4 is 27.3 Å². The van der Waals surface area contributed by atoms with Gasteiger partial charge < -0.3 is 0 Å². The van der Waals surface area contributed by atoms with Gasteiger partial charge in [-0.05, 0) is 22.0 Å². The maximum absolute atomic E-state index is 9.12. The van der Waals surface area contributed by atoms with Crippen molar-refractivity contribution in [3.63, 3.8) is 0 Å². The summed E-state index contributed by atoms with van der Waals surface area (Å²) in [5.74, 6) is -0.324. The van der Waals surface area contributed by atoms with Crippen LogP contribution in [0.25, 0.3) is 0 Å². The third-order valence-electron chi connectivity index (χ3n) is 1.88. The van der Waals surface area contributed by atoms with Crippen LogP contribution in [0.1, 0.15) is 16.5 Å². The SMILES string of the molecule is N#CC(c1cnccn1)c1cc(Br)cs1. The minimum atomic E-state index is -0.324. The van der Waals surface area contributed by atoms with Gasteiger partial charge in [0, 0.05) is 27.1 Å². The Balaban J connectivity index is 2.38. The minimum Gasteiger partial charge on any atom is -0.261 e. The second-order valence-corrected chi connectivity index (χ2v) is 4.72. The molecule has 0 saturated heterocycles. The smallest absolute Gasteiger partial charge is 0.124 e. The van der Waals surface area contributed by atoms with Gasteiger partial charge in [-0.1, -0.05) is 0 Å². The zero-order valence-corrected chi connectivity index (χ0v) is 9.99. The molecule has 2 heterocycles. The van der Waals surface area contributed by atoms with Crippen LogP contribution in [0.4, 0.5) is 0 Å². The van der Waals surface area contributed by atoms with Crippen molar-refractivity contribution < 1.29 is 0 Å². The summed E-state index contributed by atoms with van der Waals surface area (Å²) in [5, 5.41) is 11.1. The van der Waals surface area contributed by atoms with E-state index in [1.165, 1.54) is 11.3 Å². The fourth-order valence-corrected chi connectivity index (χ4v) is 2.71. The average Bonchev–Trinajstić information content (AvgIpc) is 2.68. The van der Waals surface area contributed by atoms with Crippen molar-refractivity contribution in [3.05, 3.63) is 45.1 Å². The van der Waals surface area contributed by atoms with Crippen LogP contribution in [0.5, 0.6) is 0 Å². The van der Waals surface area contributed by atoms with E-state index in [4.69, 9.17) is 5.26 Å². The largest absolute Gasteiger partial charge is 0.261 e. The molecule has 0 radical (unpaired) electrons. The van der Waals surface area contributed by atoms with Crippen molar-refractivity contribution in [2.24, 2.45) is 0 Å². The van der Waals surface area contributed by atoms with Crippen molar-refractivity contribution in [2.45, 2.75) is 5.92 Å². The number of rotatable bonds is 2. The second-order valence-electron chi connectivity index (χ2n) is 2.86. The van der Waals surface area contributed by atoms with E-state index < -0.39 is 0 Å². The molecular weight excluding hydrogens is 274 g/mol. The van der Waals surface area contributed by atoms with Gasteiger partial charge in [-0.15, -0.1) is 11.3 Å². The summed E-state index contributed by atoms with van der Waals surface area (Å²) in [6.07, 6.45) is 4.83. The predicted octanol–water partition coefficient (Wildman–Crippen LogP) is 2.96. The zero-order valence-electron chi connectivity index (χ0n) is 7.59. The van der Waals surface area contributed by atoms with E-state index in [0.717, 1.165) is 9.35 Å². The molecular formula is C10H6BrN3S. The van der Waals surface area contributed by atoms with E-state index in [1.807, 2.05) is 11.4 Å². The molecule has 0 saturated carbocycles. The molecule has 0 aliphatic rings. The van der Waals surface area contributed by atoms with Gasteiger partial charge in [-0.25, -0.2) is 0 Å². The Labute approximate surface area is 99.6 Å². The summed E-state index contributed by atoms with van der Waals surface area (Å²) in [7, 11) is 0. The molecule has 3 nitrogen and oxygen atoms in total. The molecule has 74 valence electrons. The molecule has 2 aromatic heterocycles. The number of hydrogen-bond acceptors (Lipinski definition) is 4. The van der Waals surface area contributed by atoms with Crippen LogP contribution in [0.2, 0.25) is 0 Å². The maximum Gasteiger partial charge on any atom is 0.124 e. The van der Waals surface area contributed by atoms with Crippen LogP contribution in [0.15, 0.2) is 34.5 Å². The summed E-state index contributed by atoms with van der Waals surface area (Å²) >= 11 is 4.91. The lowest BCUT2D eigenvalue weighted by atomic mass is 10.1. The van der Waals surface area contributed by atoms with Crippen LogP contribution >= 0.6 is 27.3 Å². The second kappa shape index (κ2) is 4.51. The van der Waals surface area contributed by atoms with Gasteiger partial charge in [0.25, 0.3) is 0 Å². The van der Waals surface area contributed by atoms with E-state index in [0.29, 0.717) is 5.69 Å². The Morgan fingerprint density at radius 1 is 1.47 bits per heavy atom. The highest BCUT2D eigenvalue weighted by Crippen LogP contribution is 2.29. The highest BCUT2D eigenvalue weighted by molar-refractivity contribution is 9.10. The van der Waals surface area contributed by atoms with Gasteiger partial charge in [-0.3, -0.25) is 9.97 Å². The summed E-state index contributed by atoms with van der Waals surface area (Å²) in [6, 6.07) is 4.17. The molecule has 5 heteroatoms. The number of thiophene rings is 1. The highest BCUT2D eigenvalue weighted by Gasteiger charge is 2.16. The van der Waals surface area contributed by atoms with E-state index in [9.17, 15) is 0 Å². The topological polar surface area (TPSA) is 49.6 Å². The lowest BCUT2D eigenvalue weighted by Crippen LogP contribution is -1.98. The van der Waals surface area contributed by atoms with Crippen molar-refractivity contribution in [1.29, 1.82) is 5.26 Å². The lowest BCUT2D eigenvalue weighted by molar-refractivity contribution is 0.960. The number of aromatic nitrogens is 2. The van der Waals surface area contributed by atoms with Gasteiger partial charge in [0.1, 0.15) is 5.92 Å². The minimum absolute atomic E-state index is 0.324. The first-order valence-electron chi connectivity index (χ1n) is 4.20. The Bertz CT molecular complexity index is 489. The van der Waals surface area contributed by atoms with Crippen LogP contribution < -0.4 is 0 Å². The van der Waals surface area contributed by atoms with Crippen molar-refractivity contribution in [1.82, 2.24) is 9.97 Å². The normalized spacial score (nSPS) is 12.0. The van der Waals surface area contributed by atoms with E-state index in [-0.39, 0.29) is 5.92 Å². The molecule has 0 aliphatic heterocycles. The molecule has 2 rings (SSSR count). The monoisotopic (exact) mass is 279 g/mol.